The molecule has 2 aromatic rings. The fraction of sp³-hybridized carbons (Fsp3) is 0.273. The zero-order chi connectivity index (χ0) is 13.4. The Kier molecular flexibility index (Phi) is 3.04. The van der Waals surface area contributed by atoms with E-state index in [-0.39, 0.29) is 5.84 Å². The second-order valence-corrected chi connectivity index (χ2v) is 4.44. The van der Waals surface area contributed by atoms with E-state index in [0.29, 0.717) is 22.1 Å². The van der Waals surface area contributed by atoms with E-state index in [1.165, 1.54) is 4.68 Å². The number of nitrogens with zero attached hydrogens (tertiary/aromatic N) is 4. The first-order valence-electron chi connectivity index (χ1n) is 5.32. The summed E-state index contributed by atoms with van der Waals surface area (Å²) >= 11 is 5.97. The van der Waals surface area contributed by atoms with Crippen LogP contribution in [0.3, 0.4) is 0 Å². The number of amidine groups is 1. The zero-order valence-corrected chi connectivity index (χ0v) is 11.1. The molecular weight excluding hydrogens is 252 g/mol. The average molecular weight is 265 g/mol. The number of aryl methyl sites for hydroxylation is 2. The van der Waals surface area contributed by atoms with Gasteiger partial charge in [0.15, 0.2) is 5.82 Å². The van der Waals surface area contributed by atoms with E-state index in [1.807, 2.05) is 13.8 Å². The van der Waals surface area contributed by atoms with Gasteiger partial charge in [-0.2, -0.15) is 10.2 Å². The number of nitrogens with one attached hydrogen (secondary N) is 1. The molecule has 2 heterocycles. The highest BCUT2D eigenvalue weighted by molar-refractivity contribution is 6.31. The van der Waals surface area contributed by atoms with Crippen molar-refractivity contribution < 1.29 is 0 Å². The van der Waals surface area contributed by atoms with Crippen molar-refractivity contribution in [1.29, 1.82) is 5.41 Å². The Morgan fingerprint density at radius 3 is 2.44 bits per heavy atom. The highest BCUT2D eigenvalue weighted by Crippen LogP contribution is 2.20. The predicted molar refractivity (Wildman–Crippen MR) is 69.4 cm³/mol. The van der Waals surface area contributed by atoms with Gasteiger partial charge in [-0.3, -0.25) is 5.41 Å². The van der Waals surface area contributed by atoms with Crippen molar-refractivity contribution in [2.24, 2.45) is 5.73 Å². The molecule has 7 heteroatoms. The average Bonchev–Trinajstić information content (AvgIpc) is 2.62. The van der Waals surface area contributed by atoms with Gasteiger partial charge >= 0.3 is 0 Å². The molecule has 2 rings (SSSR count). The lowest BCUT2D eigenvalue weighted by Crippen LogP contribution is -2.19. The quantitative estimate of drug-likeness (QED) is 0.635. The molecule has 3 N–H and O–H groups in total. The summed E-state index contributed by atoms with van der Waals surface area (Å²) in [6.45, 7) is 5.46. The van der Waals surface area contributed by atoms with Crippen molar-refractivity contribution in [3.63, 3.8) is 0 Å². The van der Waals surface area contributed by atoms with E-state index in [2.05, 4.69) is 15.3 Å². The molecule has 0 aliphatic rings. The fourth-order valence-corrected chi connectivity index (χ4v) is 1.76. The topological polar surface area (TPSA) is 93.5 Å². The largest absolute Gasteiger partial charge is 0.384 e. The second kappa shape index (κ2) is 4.38. The van der Waals surface area contributed by atoms with Crippen LogP contribution < -0.4 is 5.73 Å². The highest BCUT2D eigenvalue weighted by atomic mass is 35.5. The minimum absolute atomic E-state index is 0.0650. The first kappa shape index (κ1) is 12.5. The molecule has 94 valence electrons. The van der Waals surface area contributed by atoms with Gasteiger partial charge in [0.05, 0.1) is 28.2 Å². The van der Waals surface area contributed by atoms with Gasteiger partial charge in [0.1, 0.15) is 5.84 Å². The molecule has 2 aromatic heterocycles. The van der Waals surface area contributed by atoms with Crippen LogP contribution in [0.15, 0.2) is 6.20 Å². The molecule has 0 fully saturated rings. The van der Waals surface area contributed by atoms with Gasteiger partial charge in [-0.05, 0) is 26.3 Å². The molecular formula is C11H13ClN6. The van der Waals surface area contributed by atoms with Crippen LogP contribution in [0.5, 0.6) is 0 Å². The van der Waals surface area contributed by atoms with Gasteiger partial charge in [-0.1, -0.05) is 11.6 Å². The number of rotatable bonds is 2. The third-order valence-electron chi connectivity index (χ3n) is 2.76. The molecule has 0 amide bonds. The van der Waals surface area contributed by atoms with E-state index in [0.717, 1.165) is 11.3 Å². The Bertz CT molecular complexity index is 611. The molecule has 0 aliphatic heterocycles. The minimum atomic E-state index is -0.0650. The van der Waals surface area contributed by atoms with Crippen LogP contribution in [-0.4, -0.2) is 25.8 Å². The lowest BCUT2D eigenvalue weighted by atomic mass is 10.1. The van der Waals surface area contributed by atoms with Crippen LogP contribution in [0.4, 0.5) is 0 Å². The molecule has 0 saturated carbocycles. The molecule has 0 aromatic carbocycles. The molecule has 6 nitrogen and oxygen atoms in total. The second-order valence-electron chi connectivity index (χ2n) is 4.03. The smallest absolute Gasteiger partial charge is 0.187 e. The molecule has 18 heavy (non-hydrogen) atoms. The Hall–Kier alpha value is -1.95. The SMILES string of the molecule is Cc1nn(-c2nnc(C)c(C)c2C(=N)N)cc1Cl. The number of halogens is 1. The van der Waals surface area contributed by atoms with E-state index in [9.17, 15) is 0 Å². The minimum Gasteiger partial charge on any atom is -0.384 e. The Balaban J connectivity index is 2.71. The lowest BCUT2D eigenvalue weighted by Gasteiger charge is -2.10. The van der Waals surface area contributed by atoms with E-state index < -0.39 is 0 Å². The number of hydrogen-bond acceptors (Lipinski definition) is 4. The molecule has 0 saturated heterocycles. The van der Waals surface area contributed by atoms with Crippen molar-refractivity contribution in [1.82, 2.24) is 20.0 Å². The number of hydrogen-bond donors (Lipinski definition) is 2. The number of nitrogen functional groups attached to an aromatic ring is 1. The summed E-state index contributed by atoms with van der Waals surface area (Å²) in [5.41, 5.74) is 8.38. The van der Waals surface area contributed by atoms with Crippen molar-refractivity contribution in [3.8, 4) is 5.82 Å². The van der Waals surface area contributed by atoms with Crippen molar-refractivity contribution in [2.45, 2.75) is 20.8 Å². The summed E-state index contributed by atoms with van der Waals surface area (Å²) in [6.07, 6.45) is 1.63. The van der Waals surface area contributed by atoms with Crippen LogP contribution in [-0.2, 0) is 0 Å². The Morgan fingerprint density at radius 2 is 1.94 bits per heavy atom. The Morgan fingerprint density at radius 1 is 1.28 bits per heavy atom. The molecule has 0 radical (unpaired) electrons. The third-order valence-corrected chi connectivity index (χ3v) is 3.13. The van der Waals surface area contributed by atoms with Gasteiger partial charge in [0.2, 0.25) is 0 Å². The van der Waals surface area contributed by atoms with E-state index in [1.54, 1.807) is 13.1 Å². The molecule has 0 bridgehead atoms. The van der Waals surface area contributed by atoms with Crippen molar-refractivity contribution >= 4 is 17.4 Å². The summed E-state index contributed by atoms with van der Waals surface area (Å²) in [5, 5.41) is 20.5. The van der Waals surface area contributed by atoms with Crippen LogP contribution in [0.2, 0.25) is 5.02 Å². The maximum Gasteiger partial charge on any atom is 0.187 e. The van der Waals surface area contributed by atoms with Gasteiger partial charge in [-0.25, -0.2) is 4.68 Å². The molecule has 0 spiro atoms. The normalized spacial score (nSPS) is 10.7. The van der Waals surface area contributed by atoms with Crippen LogP contribution in [0, 0.1) is 26.2 Å². The summed E-state index contributed by atoms with van der Waals surface area (Å²) in [5.74, 6) is 0.352. The summed E-state index contributed by atoms with van der Waals surface area (Å²) in [4.78, 5) is 0. The van der Waals surface area contributed by atoms with Crippen molar-refractivity contribution in [3.05, 3.63) is 33.7 Å². The standard InChI is InChI=1S/C11H13ClN6/c1-5-6(2)15-16-11(9(5)10(13)14)18-4-8(12)7(3)17-18/h4H,1-3H3,(H3,13,14). The van der Waals surface area contributed by atoms with Gasteiger partial charge < -0.3 is 5.73 Å². The summed E-state index contributed by atoms with van der Waals surface area (Å²) in [7, 11) is 0. The third kappa shape index (κ3) is 1.95. The summed E-state index contributed by atoms with van der Waals surface area (Å²) in [6, 6.07) is 0. The summed E-state index contributed by atoms with van der Waals surface area (Å²) < 4.78 is 1.49. The monoisotopic (exact) mass is 264 g/mol. The highest BCUT2D eigenvalue weighted by Gasteiger charge is 2.16. The van der Waals surface area contributed by atoms with Crippen LogP contribution >= 0.6 is 11.6 Å². The molecule has 0 atom stereocenters. The Labute approximate surface area is 109 Å². The van der Waals surface area contributed by atoms with Crippen LogP contribution in [0.25, 0.3) is 5.82 Å². The van der Waals surface area contributed by atoms with Crippen LogP contribution in [0.1, 0.15) is 22.5 Å². The number of nitrogens with two attached hydrogens (primary N) is 1. The maximum atomic E-state index is 7.66. The lowest BCUT2D eigenvalue weighted by molar-refractivity contribution is 0.788. The first-order chi connectivity index (χ1) is 8.41. The zero-order valence-electron chi connectivity index (χ0n) is 10.3. The molecule has 0 unspecified atom stereocenters. The first-order valence-corrected chi connectivity index (χ1v) is 5.70. The van der Waals surface area contributed by atoms with Gasteiger partial charge in [0.25, 0.3) is 0 Å². The fourth-order valence-electron chi connectivity index (χ4n) is 1.63. The van der Waals surface area contributed by atoms with Gasteiger partial charge in [0, 0.05) is 0 Å². The maximum absolute atomic E-state index is 7.66. The van der Waals surface area contributed by atoms with Crippen molar-refractivity contribution in [2.75, 3.05) is 0 Å². The van der Waals surface area contributed by atoms with E-state index in [4.69, 9.17) is 22.7 Å². The number of aromatic nitrogens is 4. The molecule has 0 aliphatic carbocycles. The predicted octanol–water partition coefficient (Wildman–Crippen LogP) is 1.53. The van der Waals surface area contributed by atoms with Gasteiger partial charge in [-0.15, -0.1) is 5.10 Å². The van der Waals surface area contributed by atoms with E-state index >= 15 is 0 Å².